The SMILES string of the molecule is CCNCCNC(=O)CNC(=O)NC1CCCCC1. The number of carbonyl (C=O) groups excluding carboxylic acids is 2. The number of urea groups is 1. The second kappa shape index (κ2) is 9.61. The van der Waals surface area contributed by atoms with Crippen LogP contribution in [0, 0.1) is 0 Å². The molecule has 0 aromatic heterocycles. The molecular weight excluding hydrogens is 244 g/mol. The van der Waals surface area contributed by atoms with Gasteiger partial charge in [-0.3, -0.25) is 4.79 Å². The summed E-state index contributed by atoms with van der Waals surface area (Å²) in [5.41, 5.74) is 0. The molecule has 1 fully saturated rings. The van der Waals surface area contributed by atoms with Crippen molar-refractivity contribution in [1.82, 2.24) is 21.3 Å². The number of hydrogen-bond donors (Lipinski definition) is 4. The predicted molar refractivity (Wildman–Crippen MR) is 75.0 cm³/mol. The Kier molecular flexibility index (Phi) is 7.97. The summed E-state index contributed by atoms with van der Waals surface area (Å²) in [4.78, 5) is 23.0. The van der Waals surface area contributed by atoms with Gasteiger partial charge in [0.15, 0.2) is 0 Å². The first-order valence-electron chi connectivity index (χ1n) is 7.24. The zero-order valence-electron chi connectivity index (χ0n) is 11.8. The van der Waals surface area contributed by atoms with Gasteiger partial charge in [-0.1, -0.05) is 26.2 Å². The van der Waals surface area contributed by atoms with Crippen molar-refractivity contribution in [3.8, 4) is 0 Å². The van der Waals surface area contributed by atoms with Crippen LogP contribution in [0.25, 0.3) is 0 Å². The standard InChI is InChI=1S/C13H26N4O2/c1-2-14-8-9-15-12(18)10-16-13(19)17-11-6-4-3-5-7-11/h11,14H,2-10H2,1H3,(H,15,18)(H2,16,17,19). The highest BCUT2D eigenvalue weighted by Crippen LogP contribution is 2.16. The summed E-state index contributed by atoms with van der Waals surface area (Å²) in [5, 5.41) is 11.3. The molecule has 1 aliphatic rings. The van der Waals surface area contributed by atoms with Crippen LogP contribution in [0.1, 0.15) is 39.0 Å². The van der Waals surface area contributed by atoms with Crippen LogP contribution in [0.5, 0.6) is 0 Å². The largest absolute Gasteiger partial charge is 0.353 e. The molecule has 0 spiro atoms. The van der Waals surface area contributed by atoms with Crippen molar-refractivity contribution >= 4 is 11.9 Å². The normalized spacial score (nSPS) is 15.8. The molecule has 3 amide bonds. The van der Waals surface area contributed by atoms with Crippen LogP contribution in [0.4, 0.5) is 4.79 Å². The highest BCUT2D eigenvalue weighted by molar-refractivity contribution is 5.83. The average Bonchev–Trinajstić information content (AvgIpc) is 2.42. The lowest BCUT2D eigenvalue weighted by Crippen LogP contribution is -2.46. The maximum Gasteiger partial charge on any atom is 0.315 e. The third-order valence-corrected chi connectivity index (χ3v) is 3.22. The van der Waals surface area contributed by atoms with Crippen molar-refractivity contribution in [1.29, 1.82) is 0 Å². The van der Waals surface area contributed by atoms with E-state index in [9.17, 15) is 9.59 Å². The zero-order valence-corrected chi connectivity index (χ0v) is 11.8. The van der Waals surface area contributed by atoms with Gasteiger partial charge < -0.3 is 21.3 Å². The number of carbonyl (C=O) groups is 2. The van der Waals surface area contributed by atoms with E-state index in [1.165, 1.54) is 19.3 Å². The summed E-state index contributed by atoms with van der Waals surface area (Å²) in [6, 6.07) is 0.0271. The van der Waals surface area contributed by atoms with Crippen LogP contribution in [0.2, 0.25) is 0 Å². The number of hydrogen-bond acceptors (Lipinski definition) is 3. The van der Waals surface area contributed by atoms with Gasteiger partial charge in [0.25, 0.3) is 0 Å². The van der Waals surface area contributed by atoms with E-state index < -0.39 is 0 Å². The summed E-state index contributed by atoms with van der Waals surface area (Å²) in [6.45, 7) is 4.26. The van der Waals surface area contributed by atoms with E-state index >= 15 is 0 Å². The van der Waals surface area contributed by atoms with E-state index in [0.29, 0.717) is 6.54 Å². The van der Waals surface area contributed by atoms with Crippen LogP contribution >= 0.6 is 0 Å². The van der Waals surface area contributed by atoms with Gasteiger partial charge in [0.05, 0.1) is 6.54 Å². The van der Waals surface area contributed by atoms with E-state index in [1.807, 2.05) is 6.92 Å². The maximum absolute atomic E-state index is 11.6. The zero-order chi connectivity index (χ0) is 13.9. The van der Waals surface area contributed by atoms with E-state index in [2.05, 4.69) is 21.3 Å². The fourth-order valence-electron chi connectivity index (χ4n) is 2.17. The van der Waals surface area contributed by atoms with Gasteiger partial charge in [0.1, 0.15) is 0 Å². The Hall–Kier alpha value is -1.30. The Labute approximate surface area is 115 Å². The molecule has 1 saturated carbocycles. The summed E-state index contributed by atoms with van der Waals surface area (Å²) in [6.07, 6.45) is 5.70. The lowest BCUT2D eigenvalue weighted by molar-refractivity contribution is -0.120. The minimum Gasteiger partial charge on any atom is -0.353 e. The minimum atomic E-state index is -0.242. The van der Waals surface area contributed by atoms with Gasteiger partial charge in [0, 0.05) is 19.1 Å². The van der Waals surface area contributed by atoms with Gasteiger partial charge in [-0.15, -0.1) is 0 Å². The molecule has 1 aliphatic carbocycles. The molecule has 0 radical (unpaired) electrons. The lowest BCUT2D eigenvalue weighted by Gasteiger charge is -2.22. The van der Waals surface area contributed by atoms with E-state index in [-0.39, 0.29) is 24.5 Å². The first-order chi connectivity index (χ1) is 9.22. The maximum atomic E-state index is 11.6. The Bertz CT molecular complexity index is 278. The Morgan fingerprint density at radius 2 is 1.79 bits per heavy atom. The third kappa shape index (κ3) is 7.66. The van der Waals surface area contributed by atoms with Crippen molar-refractivity contribution < 1.29 is 9.59 Å². The van der Waals surface area contributed by atoms with Crippen molar-refractivity contribution in [2.24, 2.45) is 0 Å². The molecule has 0 aliphatic heterocycles. The fourth-order valence-corrected chi connectivity index (χ4v) is 2.17. The van der Waals surface area contributed by atoms with E-state index in [4.69, 9.17) is 0 Å². The first-order valence-corrected chi connectivity index (χ1v) is 7.24. The number of likely N-dealkylation sites (N-methyl/N-ethyl adjacent to an activating group) is 1. The number of rotatable bonds is 7. The average molecular weight is 270 g/mol. The van der Waals surface area contributed by atoms with Crippen molar-refractivity contribution in [2.75, 3.05) is 26.2 Å². The quantitative estimate of drug-likeness (QED) is 0.504. The Morgan fingerprint density at radius 1 is 1.05 bits per heavy atom. The van der Waals surface area contributed by atoms with Crippen LogP contribution in [-0.4, -0.2) is 44.2 Å². The Balaban J connectivity index is 2.03. The predicted octanol–water partition coefficient (Wildman–Crippen LogP) is 0.344. The van der Waals surface area contributed by atoms with Crippen molar-refractivity contribution in [3.05, 3.63) is 0 Å². The molecule has 19 heavy (non-hydrogen) atoms. The van der Waals surface area contributed by atoms with Gasteiger partial charge >= 0.3 is 6.03 Å². The summed E-state index contributed by atoms with van der Waals surface area (Å²) in [7, 11) is 0. The molecule has 1 rings (SSSR count). The van der Waals surface area contributed by atoms with Crippen LogP contribution in [0.15, 0.2) is 0 Å². The lowest BCUT2D eigenvalue weighted by atomic mass is 9.96. The summed E-state index contributed by atoms with van der Waals surface area (Å²) >= 11 is 0. The van der Waals surface area contributed by atoms with Gasteiger partial charge in [0.2, 0.25) is 5.91 Å². The number of nitrogens with one attached hydrogen (secondary N) is 4. The van der Waals surface area contributed by atoms with Gasteiger partial charge in [-0.05, 0) is 19.4 Å². The molecule has 0 heterocycles. The minimum absolute atomic E-state index is 0.0324. The molecular formula is C13H26N4O2. The summed E-state index contributed by atoms with van der Waals surface area (Å²) in [5.74, 6) is -0.156. The van der Waals surface area contributed by atoms with E-state index in [1.54, 1.807) is 0 Å². The monoisotopic (exact) mass is 270 g/mol. The highest BCUT2D eigenvalue weighted by Gasteiger charge is 2.15. The smallest absolute Gasteiger partial charge is 0.315 e. The fraction of sp³-hybridized carbons (Fsp3) is 0.846. The molecule has 6 nitrogen and oxygen atoms in total. The van der Waals surface area contributed by atoms with Crippen molar-refractivity contribution in [3.63, 3.8) is 0 Å². The summed E-state index contributed by atoms with van der Waals surface area (Å²) < 4.78 is 0. The molecule has 0 saturated heterocycles. The molecule has 0 atom stereocenters. The highest BCUT2D eigenvalue weighted by atomic mass is 16.2. The second-order valence-electron chi connectivity index (χ2n) is 4.87. The molecule has 0 bridgehead atoms. The molecule has 6 heteroatoms. The van der Waals surface area contributed by atoms with Crippen LogP contribution < -0.4 is 21.3 Å². The van der Waals surface area contributed by atoms with Crippen LogP contribution in [0.3, 0.4) is 0 Å². The third-order valence-electron chi connectivity index (χ3n) is 3.22. The molecule has 0 aromatic rings. The van der Waals surface area contributed by atoms with Crippen LogP contribution in [-0.2, 0) is 4.79 Å². The van der Waals surface area contributed by atoms with Crippen molar-refractivity contribution in [2.45, 2.75) is 45.1 Å². The molecule has 0 unspecified atom stereocenters. The molecule has 110 valence electrons. The topological polar surface area (TPSA) is 82.3 Å². The molecule has 0 aromatic carbocycles. The number of amides is 3. The van der Waals surface area contributed by atoms with E-state index in [0.717, 1.165) is 25.9 Å². The Morgan fingerprint density at radius 3 is 2.47 bits per heavy atom. The second-order valence-corrected chi connectivity index (χ2v) is 4.87. The van der Waals surface area contributed by atoms with Gasteiger partial charge in [-0.2, -0.15) is 0 Å². The van der Waals surface area contributed by atoms with Gasteiger partial charge in [-0.25, -0.2) is 4.79 Å². The molecule has 4 N–H and O–H groups in total. The first kappa shape index (κ1) is 15.8.